The number of carbonyl (C=O) groups is 1. The van der Waals surface area contributed by atoms with Crippen LogP contribution in [0.3, 0.4) is 0 Å². The molecule has 1 N–H and O–H groups in total. The van der Waals surface area contributed by atoms with Crippen LogP contribution in [0.5, 0.6) is 0 Å². The monoisotopic (exact) mass is 335 g/mol. The lowest BCUT2D eigenvalue weighted by Gasteiger charge is -2.25. The Bertz CT molecular complexity index is 775. The topological polar surface area (TPSA) is 58.4 Å². The Hall–Kier alpha value is -2.28. The Morgan fingerprint density at radius 2 is 2.04 bits per heavy atom. The number of carbonyl (C=O) groups excluding carboxylic acids is 1. The summed E-state index contributed by atoms with van der Waals surface area (Å²) in [6.45, 7) is 3.92. The second kappa shape index (κ2) is 6.32. The van der Waals surface area contributed by atoms with E-state index in [4.69, 9.17) is 0 Å². The standard InChI is InChI=1S/C17H19F2N3O2/c1-10-5-11(2)22(20-10)9-17(24)21-8-13(23)7-16(21)12-3-4-14(18)15(19)6-12/h3-6,13,16,23H,7-9H2,1-2H3. The molecule has 1 aromatic heterocycles. The predicted molar refractivity (Wildman–Crippen MR) is 83.1 cm³/mol. The molecule has 1 aliphatic heterocycles. The van der Waals surface area contributed by atoms with Crippen LogP contribution in [-0.4, -0.2) is 38.3 Å². The second-order valence-corrected chi connectivity index (χ2v) is 6.21. The van der Waals surface area contributed by atoms with E-state index in [-0.39, 0.29) is 19.0 Å². The van der Waals surface area contributed by atoms with E-state index in [2.05, 4.69) is 5.10 Å². The Labute approximate surface area is 138 Å². The van der Waals surface area contributed by atoms with Crippen LogP contribution in [0.4, 0.5) is 8.78 Å². The third kappa shape index (κ3) is 3.17. The first-order valence-electron chi connectivity index (χ1n) is 7.78. The molecule has 2 heterocycles. The molecule has 1 fully saturated rings. The van der Waals surface area contributed by atoms with Crippen LogP contribution in [-0.2, 0) is 11.3 Å². The lowest BCUT2D eigenvalue weighted by molar-refractivity contribution is -0.133. The van der Waals surface area contributed by atoms with Gasteiger partial charge in [-0.1, -0.05) is 6.07 Å². The van der Waals surface area contributed by atoms with E-state index in [1.54, 1.807) is 4.68 Å². The van der Waals surface area contributed by atoms with Crippen molar-refractivity contribution in [3.8, 4) is 0 Å². The van der Waals surface area contributed by atoms with Crippen molar-refractivity contribution in [1.29, 1.82) is 0 Å². The Kier molecular flexibility index (Phi) is 4.36. The minimum Gasteiger partial charge on any atom is -0.391 e. The molecule has 0 spiro atoms. The maximum Gasteiger partial charge on any atom is 0.244 e. The number of likely N-dealkylation sites (tertiary alicyclic amines) is 1. The summed E-state index contributed by atoms with van der Waals surface area (Å²) in [5.41, 5.74) is 2.16. The molecule has 128 valence electrons. The number of aliphatic hydroxyl groups is 1. The van der Waals surface area contributed by atoms with Gasteiger partial charge in [-0.05, 0) is 44.0 Å². The highest BCUT2D eigenvalue weighted by Crippen LogP contribution is 2.33. The second-order valence-electron chi connectivity index (χ2n) is 6.21. The zero-order valence-electron chi connectivity index (χ0n) is 13.5. The molecule has 7 heteroatoms. The first-order chi connectivity index (χ1) is 11.3. The van der Waals surface area contributed by atoms with Gasteiger partial charge in [0.2, 0.25) is 5.91 Å². The Morgan fingerprint density at radius 3 is 2.67 bits per heavy atom. The smallest absolute Gasteiger partial charge is 0.244 e. The molecule has 2 aromatic rings. The van der Waals surface area contributed by atoms with E-state index < -0.39 is 23.8 Å². The molecular formula is C17H19F2N3O2. The minimum atomic E-state index is -0.958. The van der Waals surface area contributed by atoms with Crippen LogP contribution in [0.15, 0.2) is 24.3 Å². The highest BCUT2D eigenvalue weighted by Gasteiger charge is 2.35. The molecule has 0 aliphatic carbocycles. The van der Waals surface area contributed by atoms with Gasteiger partial charge in [-0.15, -0.1) is 0 Å². The summed E-state index contributed by atoms with van der Waals surface area (Å²) in [6.07, 6.45) is -0.388. The van der Waals surface area contributed by atoms with Crippen molar-refractivity contribution >= 4 is 5.91 Å². The van der Waals surface area contributed by atoms with Gasteiger partial charge in [-0.3, -0.25) is 9.48 Å². The number of halogens is 2. The highest BCUT2D eigenvalue weighted by molar-refractivity contribution is 5.77. The van der Waals surface area contributed by atoms with Crippen molar-refractivity contribution in [3.05, 3.63) is 52.9 Å². The fraction of sp³-hybridized carbons (Fsp3) is 0.412. The lowest BCUT2D eigenvalue weighted by Crippen LogP contribution is -2.35. The molecule has 1 aromatic carbocycles. The van der Waals surface area contributed by atoms with Crippen LogP contribution in [0.25, 0.3) is 0 Å². The molecule has 2 atom stereocenters. The summed E-state index contributed by atoms with van der Waals surface area (Å²) < 4.78 is 28.2. The van der Waals surface area contributed by atoms with Gasteiger partial charge in [0.05, 0.1) is 17.8 Å². The summed E-state index contributed by atoms with van der Waals surface area (Å²) in [6, 6.07) is 4.98. The SMILES string of the molecule is Cc1cc(C)n(CC(=O)N2CC(O)CC2c2ccc(F)c(F)c2)n1. The van der Waals surface area contributed by atoms with Crippen molar-refractivity contribution in [1.82, 2.24) is 14.7 Å². The molecule has 2 unspecified atom stereocenters. The molecule has 1 amide bonds. The maximum absolute atomic E-state index is 13.5. The normalized spacial score (nSPS) is 20.6. The van der Waals surface area contributed by atoms with E-state index in [0.717, 1.165) is 23.5 Å². The van der Waals surface area contributed by atoms with Crippen molar-refractivity contribution < 1.29 is 18.7 Å². The number of amides is 1. The van der Waals surface area contributed by atoms with Gasteiger partial charge in [-0.25, -0.2) is 8.78 Å². The van der Waals surface area contributed by atoms with E-state index in [1.807, 2.05) is 19.9 Å². The van der Waals surface area contributed by atoms with Gasteiger partial charge < -0.3 is 10.0 Å². The summed E-state index contributed by atoms with van der Waals surface area (Å²) in [5, 5.41) is 14.2. The van der Waals surface area contributed by atoms with Gasteiger partial charge >= 0.3 is 0 Å². The minimum absolute atomic E-state index is 0.0482. The number of nitrogens with zero attached hydrogens (tertiary/aromatic N) is 3. The van der Waals surface area contributed by atoms with E-state index in [1.165, 1.54) is 11.0 Å². The lowest BCUT2D eigenvalue weighted by atomic mass is 10.0. The van der Waals surface area contributed by atoms with Crippen molar-refractivity contribution in [2.45, 2.75) is 39.0 Å². The largest absolute Gasteiger partial charge is 0.391 e. The molecule has 0 radical (unpaired) electrons. The van der Waals surface area contributed by atoms with Crippen molar-refractivity contribution in [2.24, 2.45) is 0 Å². The zero-order valence-corrected chi connectivity index (χ0v) is 13.5. The zero-order chi connectivity index (χ0) is 17.4. The fourth-order valence-electron chi connectivity index (χ4n) is 3.18. The first kappa shape index (κ1) is 16.6. The number of aromatic nitrogens is 2. The van der Waals surface area contributed by atoms with Crippen LogP contribution < -0.4 is 0 Å². The molecule has 3 rings (SSSR count). The van der Waals surface area contributed by atoms with Gasteiger partial charge in [-0.2, -0.15) is 5.10 Å². The molecule has 5 nitrogen and oxygen atoms in total. The molecular weight excluding hydrogens is 316 g/mol. The number of benzene rings is 1. The average Bonchev–Trinajstić information content (AvgIpc) is 3.04. The fourth-order valence-corrected chi connectivity index (χ4v) is 3.18. The van der Waals surface area contributed by atoms with Crippen LogP contribution >= 0.6 is 0 Å². The molecule has 24 heavy (non-hydrogen) atoms. The van der Waals surface area contributed by atoms with Crippen LogP contribution in [0, 0.1) is 25.5 Å². The van der Waals surface area contributed by atoms with Gasteiger partial charge in [0.15, 0.2) is 11.6 Å². The number of aliphatic hydroxyl groups excluding tert-OH is 1. The first-order valence-corrected chi connectivity index (χ1v) is 7.78. The van der Waals surface area contributed by atoms with Gasteiger partial charge in [0, 0.05) is 12.2 Å². The van der Waals surface area contributed by atoms with Crippen LogP contribution in [0.1, 0.15) is 29.4 Å². The summed E-state index contributed by atoms with van der Waals surface area (Å²) in [7, 11) is 0. The third-order valence-electron chi connectivity index (χ3n) is 4.32. The number of aryl methyl sites for hydroxylation is 2. The number of β-amino-alcohol motifs (C(OH)–C–C–N with tert-alkyl or cyclic N) is 1. The van der Waals surface area contributed by atoms with E-state index >= 15 is 0 Å². The number of hydrogen-bond acceptors (Lipinski definition) is 3. The molecule has 0 saturated carbocycles. The number of hydrogen-bond donors (Lipinski definition) is 1. The maximum atomic E-state index is 13.5. The van der Waals surface area contributed by atoms with Crippen molar-refractivity contribution in [2.75, 3.05) is 6.54 Å². The number of rotatable bonds is 3. The molecule has 1 aliphatic rings. The summed E-state index contributed by atoms with van der Waals surface area (Å²) in [5.74, 6) is -2.11. The van der Waals surface area contributed by atoms with E-state index in [9.17, 15) is 18.7 Å². The highest BCUT2D eigenvalue weighted by atomic mass is 19.2. The van der Waals surface area contributed by atoms with Crippen molar-refractivity contribution in [3.63, 3.8) is 0 Å². The quantitative estimate of drug-likeness (QED) is 0.935. The Balaban J connectivity index is 1.83. The third-order valence-corrected chi connectivity index (χ3v) is 4.32. The van der Waals surface area contributed by atoms with Gasteiger partial charge in [0.1, 0.15) is 6.54 Å². The van der Waals surface area contributed by atoms with E-state index in [0.29, 0.717) is 12.0 Å². The average molecular weight is 335 g/mol. The van der Waals surface area contributed by atoms with Crippen LogP contribution in [0.2, 0.25) is 0 Å². The summed E-state index contributed by atoms with van der Waals surface area (Å²) >= 11 is 0. The Morgan fingerprint density at radius 1 is 1.29 bits per heavy atom. The summed E-state index contributed by atoms with van der Waals surface area (Å²) in [4.78, 5) is 14.2. The molecule has 1 saturated heterocycles. The van der Waals surface area contributed by atoms with Gasteiger partial charge in [0.25, 0.3) is 0 Å². The predicted octanol–water partition coefficient (Wildman–Crippen LogP) is 2.11. The molecule has 0 bridgehead atoms.